The molecular formula is C18H31N3O. The van der Waals surface area contributed by atoms with Crippen LogP contribution in [0.3, 0.4) is 0 Å². The molecule has 1 unspecified atom stereocenters. The molecule has 1 atom stereocenters. The van der Waals surface area contributed by atoms with Crippen LogP contribution in [-0.2, 0) is 6.54 Å². The second-order valence-electron chi connectivity index (χ2n) is 6.46. The first kappa shape index (κ1) is 17.4. The first-order valence-corrected chi connectivity index (χ1v) is 8.75. The highest BCUT2D eigenvalue weighted by atomic mass is 16.3. The van der Waals surface area contributed by atoms with Crippen LogP contribution in [0.2, 0.25) is 0 Å². The zero-order valence-corrected chi connectivity index (χ0v) is 14.0. The van der Waals surface area contributed by atoms with Gasteiger partial charge in [-0.3, -0.25) is 9.88 Å². The number of hydrogen-bond donors (Lipinski definition) is 2. The van der Waals surface area contributed by atoms with Crippen LogP contribution >= 0.6 is 0 Å². The van der Waals surface area contributed by atoms with Gasteiger partial charge in [-0.2, -0.15) is 0 Å². The Bertz CT molecular complexity index is 400. The van der Waals surface area contributed by atoms with Crippen LogP contribution < -0.4 is 5.32 Å². The molecule has 0 aliphatic carbocycles. The summed E-state index contributed by atoms with van der Waals surface area (Å²) in [5.74, 6) is 0.429. The van der Waals surface area contributed by atoms with E-state index in [1.807, 2.05) is 18.5 Å². The molecule has 4 heteroatoms. The van der Waals surface area contributed by atoms with Crippen molar-refractivity contribution in [2.24, 2.45) is 5.92 Å². The SMILES string of the molecule is CCC(CC)C(O)CNC1CCN(Cc2cccnc2)CC1. The molecule has 2 N–H and O–H groups in total. The van der Waals surface area contributed by atoms with Crippen molar-refractivity contribution in [2.75, 3.05) is 19.6 Å². The number of hydrogen-bond acceptors (Lipinski definition) is 4. The molecule has 124 valence electrons. The van der Waals surface area contributed by atoms with Crippen molar-refractivity contribution < 1.29 is 5.11 Å². The van der Waals surface area contributed by atoms with E-state index >= 15 is 0 Å². The molecule has 4 nitrogen and oxygen atoms in total. The zero-order chi connectivity index (χ0) is 15.8. The van der Waals surface area contributed by atoms with E-state index in [0.29, 0.717) is 12.0 Å². The van der Waals surface area contributed by atoms with Gasteiger partial charge in [0.1, 0.15) is 0 Å². The van der Waals surface area contributed by atoms with Crippen LogP contribution in [0.1, 0.15) is 45.1 Å². The quantitative estimate of drug-likeness (QED) is 0.774. The summed E-state index contributed by atoms with van der Waals surface area (Å²) in [5.41, 5.74) is 1.29. The number of aromatic nitrogens is 1. The average molecular weight is 305 g/mol. The summed E-state index contributed by atoms with van der Waals surface area (Å²) in [6.07, 6.45) is 8.02. The van der Waals surface area contributed by atoms with Crippen molar-refractivity contribution in [2.45, 2.75) is 58.2 Å². The van der Waals surface area contributed by atoms with Crippen LogP contribution in [0.5, 0.6) is 0 Å². The minimum Gasteiger partial charge on any atom is -0.392 e. The molecule has 0 saturated carbocycles. The van der Waals surface area contributed by atoms with E-state index in [1.165, 1.54) is 5.56 Å². The third-order valence-electron chi connectivity index (χ3n) is 4.93. The summed E-state index contributed by atoms with van der Waals surface area (Å²) < 4.78 is 0. The molecule has 1 fully saturated rings. The lowest BCUT2D eigenvalue weighted by atomic mass is 9.96. The van der Waals surface area contributed by atoms with E-state index in [4.69, 9.17) is 0 Å². The van der Waals surface area contributed by atoms with Crippen LogP contribution in [0.15, 0.2) is 24.5 Å². The largest absolute Gasteiger partial charge is 0.392 e. The van der Waals surface area contributed by atoms with Crippen LogP contribution in [0.25, 0.3) is 0 Å². The van der Waals surface area contributed by atoms with E-state index in [-0.39, 0.29) is 6.10 Å². The molecule has 1 aromatic heterocycles. The number of aliphatic hydroxyl groups excluding tert-OH is 1. The van der Waals surface area contributed by atoms with Gasteiger partial charge in [-0.25, -0.2) is 0 Å². The minimum atomic E-state index is -0.205. The van der Waals surface area contributed by atoms with E-state index in [2.05, 4.69) is 35.1 Å². The zero-order valence-electron chi connectivity index (χ0n) is 14.0. The van der Waals surface area contributed by atoms with Crippen molar-refractivity contribution in [1.29, 1.82) is 0 Å². The fourth-order valence-corrected chi connectivity index (χ4v) is 3.33. The van der Waals surface area contributed by atoms with Crippen molar-refractivity contribution in [3.05, 3.63) is 30.1 Å². The summed E-state index contributed by atoms with van der Waals surface area (Å²) in [5, 5.41) is 13.8. The Kier molecular flexibility index (Phi) is 7.30. The molecule has 0 spiro atoms. The smallest absolute Gasteiger partial charge is 0.0692 e. The van der Waals surface area contributed by atoms with Crippen LogP contribution in [-0.4, -0.2) is 46.8 Å². The van der Waals surface area contributed by atoms with Gasteiger partial charge in [0.2, 0.25) is 0 Å². The molecule has 0 radical (unpaired) electrons. The standard InChI is InChI=1S/C18H31N3O/c1-3-16(4-2)18(22)13-20-17-7-10-21(11-8-17)14-15-6-5-9-19-12-15/h5-6,9,12,16-18,20,22H,3-4,7-8,10-11,13-14H2,1-2H3. The van der Waals surface area contributed by atoms with Gasteiger partial charge in [-0.15, -0.1) is 0 Å². The number of nitrogens with zero attached hydrogens (tertiary/aromatic N) is 2. The molecule has 0 aromatic carbocycles. The number of pyridine rings is 1. The van der Waals surface area contributed by atoms with Gasteiger partial charge in [-0.05, 0) is 43.5 Å². The van der Waals surface area contributed by atoms with E-state index in [9.17, 15) is 5.11 Å². The Morgan fingerprint density at radius 3 is 2.64 bits per heavy atom. The Hall–Kier alpha value is -0.970. The summed E-state index contributed by atoms with van der Waals surface area (Å²) in [6, 6.07) is 4.70. The Morgan fingerprint density at radius 2 is 2.05 bits per heavy atom. The molecule has 0 bridgehead atoms. The van der Waals surface area contributed by atoms with Crippen LogP contribution in [0.4, 0.5) is 0 Å². The third-order valence-corrected chi connectivity index (χ3v) is 4.93. The highest BCUT2D eigenvalue weighted by Crippen LogP contribution is 2.15. The number of aliphatic hydroxyl groups is 1. The highest BCUT2D eigenvalue weighted by molar-refractivity contribution is 5.08. The van der Waals surface area contributed by atoms with Gasteiger partial charge in [0, 0.05) is 31.5 Å². The van der Waals surface area contributed by atoms with Crippen LogP contribution in [0, 0.1) is 5.92 Å². The topological polar surface area (TPSA) is 48.4 Å². The molecule has 1 aliphatic heterocycles. The summed E-state index contributed by atoms with van der Waals surface area (Å²) in [7, 11) is 0. The maximum Gasteiger partial charge on any atom is 0.0692 e. The Balaban J connectivity index is 1.67. The molecule has 22 heavy (non-hydrogen) atoms. The minimum absolute atomic E-state index is 0.205. The van der Waals surface area contributed by atoms with Gasteiger partial charge in [0.25, 0.3) is 0 Å². The Labute approximate surface area is 134 Å². The predicted octanol–water partition coefficient (Wildman–Crippen LogP) is 2.43. The van der Waals surface area contributed by atoms with Crippen molar-refractivity contribution in [3.8, 4) is 0 Å². The Morgan fingerprint density at radius 1 is 1.32 bits per heavy atom. The summed E-state index contributed by atoms with van der Waals surface area (Å²) in [6.45, 7) is 8.29. The average Bonchev–Trinajstić information content (AvgIpc) is 2.56. The van der Waals surface area contributed by atoms with E-state index in [0.717, 1.165) is 51.9 Å². The first-order valence-electron chi connectivity index (χ1n) is 8.75. The highest BCUT2D eigenvalue weighted by Gasteiger charge is 2.21. The predicted molar refractivity (Wildman–Crippen MR) is 90.6 cm³/mol. The molecule has 2 heterocycles. The fraction of sp³-hybridized carbons (Fsp3) is 0.722. The van der Waals surface area contributed by atoms with Gasteiger partial charge in [0.05, 0.1) is 6.10 Å². The second kappa shape index (κ2) is 9.23. The lowest BCUT2D eigenvalue weighted by Gasteiger charge is -2.33. The summed E-state index contributed by atoms with van der Waals surface area (Å²) >= 11 is 0. The van der Waals surface area contributed by atoms with Crippen molar-refractivity contribution >= 4 is 0 Å². The summed E-state index contributed by atoms with van der Waals surface area (Å²) in [4.78, 5) is 6.67. The van der Waals surface area contributed by atoms with Gasteiger partial charge < -0.3 is 10.4 Å². The molecule has 2 rings (SSSR count). The van der Waals surface area contributed by atoms with Crippen molar-refractivity contribution in [3.63, 3.8) is 0 Å². The molecular weight excluding hydrogens is 274 g/mol. The number of nitrogens with one attached hydrogen (secondary N) is 1. The van der Waals surface area contributed by atoms with E-state index < -0.39 is 0 Å². The molecule has 1 aromatic rings. The lowest BCUT2D eigenvalue weighted by molar-refractivity contribution is 0.0925. The third kappa shape index (κ3) is 5.34. The molecule has 0 amide bonds. The first-order chi connectivity index (χ1) is 10.7. The van der Waals surface area contributed by atoms with Gasteiger partial charge in [0.15, 0.2) is 0 Å². The van der Waals surface area contributed by atoms with E-state index in [1.54, 1.807) is 0 Å². The van der Waals surface area contributed by atoms with Gasteiger partial charge in [-0.1, -0.05) is 32.8 Å². The molecule has 1 aliphatic rings. The monoisotopic (exact) mass is 305 g/mol. The molecule has 1 saturated heterocycles. The van der Waals surface area contributed by atoms with Gasteiger partial charge >= 0.3 is 0 Å². The number of likely N-dealkylation sites (tertiary alicyclic amines) is 1. The maximum atomic E-state index is 10.2. The lowest BCUT2D eigenvalue weighted by Crippen LogP contribution is -2.45. The maximum absolute atomic E-state index is 10.2. The number of piperidine rings is 1. The second-order valence-corrected chi connectivity index (χ2v) is 6.46. The normalized spacial score (nSPS) is 18.7. The fourth-order valence-electron chi connectivity index (χ4n) is 3.33. The van der Waals surface area contributed by atoms with Crippen molar-refractivity contribution in [1.82, 2.24) is 15.2 Å². The number of rotatable bonds is 8.